The molecule has 0 aliphatic heterocycles. The van der Waals surface area contributed by atoms with Crippen LogP contribution in [0, 0.1) is 0 Å². The van der Waals surface area contributed by atoms with E-state index in [9.17, 15) is 24.0 Å². The van der Waals surface area contributed by atoms with Gasteiger partial charge in [0, 0.05) is 29.1 Å². The Morgan fingerprint density at radius 3 is 2.20 bits per heavy atom. The van der Waals surface area contributed by atoms with Crippen molar-refractivity contribution in [3.8, 4) is 5.75 Å². The van der Waals surface area contributed by atoms with Crippen LogP contribution in [-0.4, -0.2) is 64.5 Å². The summed E-state index contributed by atoms with van der Waals surface area (Å²) in [5, 5.41) is 7.30. The van der Waals surface area contributed by atoms with Gasteiger partial charge in [0.1, 0.15) is 30.5 Å². The van der Waals surface area contributed by atoms with Gasteiger partial charge in [-0.15, -0.1) is 0 Å². The molecular formula is C45H47Cl2N5O8. The Morgan fingerprint density at radius 2 is 1.55 bits per heavy atom. The zero-order valence-electron chi connectivity index (χ0n) is 33.1. The van der Waals surface area contributed by atoms with Crippen LogP contribution in [0.3, 0.4) is 0 Å². The summed E-state index contributed by atoms with van der Waals surface area (Å²) >= 11 is 13.0. The Balaban J connectivity index is 1.24. The molecule has 5 aromatic rings. The van der Waals surface area contributed by atoms with Crippen LogP contribution in [0.15, 0.2) is 97.1 Å². The third kappa shape index (κ3) is 11.4. The molecule has 1 aliphatic rings. The first kappa shape index (κ1) is 43.5. The summed E-state index contributed by atoms with van der Waals surface area (Å²) in [5.74, 6) is -1.53. The van der Waals surface area contributed by atoms with E-state index in [0.29, 0.717) is 40.2 Å². The number of aromatic amines is 1. The van der Waals surface area contributed by atoms with Crippen LogP contribution < -0.4 is 21.1 Å². The van der Waals surface area contributed by atoms with Gasteiger partial charge in [0.25, 0.3) is 0 Å². The lowest BCUT2D eigenvalue weighted by atomic mass is 9.78. The number of nitrogens with one attached hydrogen (secondary N) is 3. The van der Waals surface area contributed by atoms with Gasteiger partial charge in [-0.05, 0) is 78.6 Å². The molecule has 314 valence electrons. The summed E-state index contributed by atoms with van der Waals surface area (Å²) in [5.41, 5.74) is 8.68. The first-order valence-electron chi connectivity index (χ1n) is 19.8. The minimum Gasteiger partial charge on any atom is -0.445 e. The number of aryl methyl sites for hydroxylation is 2. The smallest absolute Gasteiger partial charge is 0.445 e. The highest BCUT2D eigenvalue weighted by molar-refractivity contribution is 6.38. The topological polar surface area (TPSA) is 182 Å². The normalized spacial score (nSPS) is 15.0. The number of alkyl carbamates (subject to hydrolysis) is 1. The molecule has 13 nitrogen and oxygen atoms in total. The van der Waals surface area contributed by atoms with Gasteiger partial charge in [-0.3, -0.25) is 14.4 Å². The summed E-state index contributed by atoms with van der Waals surface area (Å²) in [6, 6.07) is 27.2. The molecular weight excluding hydrogens is 809 g/mol. The second-order valence-electron chi connectivity index (χ2n) is 14.8. The first-order valence-corrected chi connectivity index (χ1v) is 20.5. The van der Waals surface area contributed by atoms with Crippen LogP contribution in [0.1, 0.15) is 60.6 Å². The molecule has 0 saturated carbocycles. The molecule has 1 heterocycles. The largest absolute Gasteiger partial charge is 0.514 e. The van der Waals surface area contributed by atoms with Crippen molar-refractivity contribution in [3.63, 3.8) is 0 Å². The summed E-state index contributed by atoms with van der Waals surface area (Å²) in [6.07, 6.45) is 0.621. The molecule has 0 spiro atoms. The number of carbonyl (C=O) groups excluding carboxylic acids is 5. The number of hydrogen-bond donors (Lipinski definition) is 4. The number of halogens is 2. The van der Waals surface area contributed by atoms with Crippen molar-refractivity contribution in [2.24, 2.45) is 5.73 Å². The van der Waals surface area contributed by atoms with Crippen LogP contribution in [0.2, 0.25) is 10.0 Å². The molecule has 6 rings (SSSR count). The molecule has 0 fully saturated rings. The van der Waals surface area contributed by atoms with Crippen molar-refractivity contribution < 1.29 is 38.2 Å². The number of nitrogens with zero attached hydrogens (tertiary/aromatic N) is 1. The van der Waals surface area contributed by atoms with Crippen LogP contribution >= 0.6 is 23.2 Å². The van der Waals surface area contributed by atoms with Crippen LogP contribution in [0.25, 0.3) is 10.9 Å². The third-order valence-electron chi connectivity index (χ3n) is 10.4. The molecule has 15 heteroatoms. The van der Waals surface area contributed by atoms with E-state index < -0.39 is 41.6 Å². The lowest BCUT2D eigenvalue weighted by Crippen LogP contribution is -2.65. The minimum absolute atomic E-state index is 0.0351. The molecule has 5 N–H and O–H groups in total. The summed E-state index contributed by atoms with van der Waals surface area (Å²) in [6.45, 7) is 1.89. The van der Waals surface area contributed by atoms with E-state index in [0.717, 1.165) is 34.4 Å². The number of primary amides is 1. The molecule has 1 aliphatic carbocycles. The fourth-order valence-electron chi connectivity index (χ4n) is 7.28. The number of amides is 4. The van der Waals surface area contributed by atoms with Gasteiger partial charge in [-0.1, -0.05) is 109 Å². The number of benzene rings is 4. The highest BCUT2D eigenvalue weighted by Gasteiger charge is 2.47. The Labute approximate surface area is 357 Å². The number of nitrogens with two attached hydrogens (primary N) is 1. The molecule has 4 aromatic carbocycles. The van der Waals surface area contributed by atoms with Gasteiger partial charge in [-0.25, -0.2) is 9.59 Å². The van der Waals surface area contributed by atoms with Crippen molar-refractivity contribution in [3.05, 3.63) is 135 Å². The SMILES string of the molecule is CCCCN(CC(N)=O)C(=O)C1(NC(=O)C(CCc2ccc(OC(=O)OCc3ccccc3)cc2)NC(=O)OCc2ccccc2)CCc2[nH]c3c(Cl)cc(Cl)cc3c2C1. The van der Waals surface area contributed by atoms with E-state index in [1.807, 2.05) is 67.6 Å². The number of ether oxygens (including phenoxy) is 3. The maximum Gasteiger partial charge on any atom is 0.514 e. The molecule has 2 unspecified atom stereocenters. The van der Waals surface area contributed by atoms with Gasteiger partial charge in [0.2, 0.25) is 17.7 Å². The monoisotopic (exact) mass is 855 g/mol. The molecule has 1 aromatic heterocycles. The van der Waals surface area contributed by atoms with E-state index >= 15 is 0 Å². The quantitative estimate of drug-likeness (QED) is 0.0546. The third-order valence-corrected chi connectivity index (χ3v) is 10.9. The Bertz CT molecular complexity index is 2310. The molecule has 60 heavy (non-hydrogen) atoms. The molecule has 0 bridgehead atoms. The summed E-state index contributed by atoms with van der Waals surface area (Å²) in [4.78, 5) is 72.1. The standard InChI is InChI=1S/C45H47Cl2N5O8/c1-2-3-22-52(26-39(48)53)42(55)45(21-20-37-35(25-45)34-23-32(46)24-36(47)40(34)49-37)51-41(54)38(50-43(56)58-27-30-10-6-4-7-11-30)19-16-29-14-17-33(18-15-29)60-44(57)59-28-31-12-8-5-9-13-31/h4-15,17-18,23-24,38,49H,2-3,16,19-22,25-28H2,1H3,(H2,48,53)(H,50,56)(H,51,54). The summed E-state index contributed by atoms with van der Waals surface area (Å²) in [7, 11) is 0. The lowest BCUT2D eigenvalue weighted by Gasteiger charge is -2.41. The fraction of sp³-hybridized carbons (Fsp3) is 0.311. The van der Waals surface area contributed by atoms with Gasteiger partial charge in [-0.2, -0.15) is 0 Å². The fourth-order valence-corrected chi connectivity index (χ4v) is 7.82. The summed E-state index contributed by atoms with van der Waals surface area (Å²) < 4.78 is 16.1. The predicted molar refractivity (Wildman–Crippen MR) is 227 cm³/mol. The number of fused-ring (bicyclic) bond motifs is 3. The number of H-pyrrole nitrogens is 1. The van der Waals surface area contributed by atoms with Crippen molar-refractivity contribution in [1.82, 2.24) is 20.5 Å². The maximum atomic E-state index is 14.8. The zero-order chi connectivity index (χ0) is 42.6. The lowest BCUT2D eigenvalue weighted by molar-refractivity contribution is -0.145. The molecule has 0 radical (unpaired) electrons. The number of aromatic nitrogens is 1. The van der Waals surface area contributed by atoms with E-state index in [2.05, 4.69) is 15.6 Å². The van der Waals surface area contributed by atoms with E-state index in [4.69, 9.17) is 43.1 Å². The van der Waals surface area contributed by atoms with Crippen LogP contribution in [0.5, 0.6) is 5.75 Å². The van der Waals surface area contributed by atoms with Crippen molar-refractivity contribution in [1.29, 1.82) is 0 Å². The average molecular weight is 857 g/mol. The Kier molecular flexibility index (Phi) is 14.7. The van der Waals surface area contributed by atoms with Crippen molar-refractivity contribution >= 4 is 64.1 Å². The van der Waals surface area contributed by atoms with Crippen LogP contribution in [0.4, 0.5) is 9.59 Å². The highest BCUT2D eigenvalue weighted by atomic mass is 35.5. The number of unbranched alkanes of at least 4 members (excludes halogenated alkanes) is 1. The number of carbonyl (C=O) groups is 5. The van der Waals surface area contributed by atoms with Gasteiger partial charge >= 0.3 is 12.2 Å². The van der Waals surface area contributed by atoms with E-state index in [1.165, 1.54) is 4.90 Å². The number of rotatable bonds is 17. The molecule has 2 atom stereocenters. The van der Waals surface area contributed by atoms with E-state index in [-0.39, 0.29) is 51.3 Å². The second-order valence-corrected chi connectivity index (χ2v) is 15.6. The second kappa shape index (κ2) is 20.3. The predicted octanol–water partition coefficient (Wildman–Crippen LogP) is 7.58. The highest BCUT2D eigenvalue weighted by Crippen LogP contribution is 2.39. The van der Waals surface area contributed by atoms with Crippen LogP contribution in [-0.2, 0) is 56.3 Å². The maximum absolute atomic E-state index is 14.8. The minimum atomic E-state index is -1.54. The van der Waals surface area contributed by atoms with Gasteiger partial charge in [0.05, 0.1) is 17.1 Å². The Morgan fingerprint density at radius 1 is 0.883 bits per heavy atom. The average Bonchev–Trinajstić information content (AvgIpc) is 3.60. The van der Waals surface area contributed by atoms with E-state index in [1.54, 1.807) is 36.4 Å². The Hall–Kier alpha value is -6.05. The van der Waals surface area contributed by atoms with Crippen molar-refractivity contribution in [2.75, 3.05) is 13.1 Å². The van der Waals surface area contributed by atoms with Gasteiger partial charge in [0.15, 0.2) is 0 Å². The number of hydrogen-bond acceptors (Lipinski definition) is 8. The molecule has 0 saturated heterocycles. The first-order chi connectivity index (χ1) is 28.9. The van der Waals surface area contributed by atoms with Gasteiger partial charge < -0.3 is 40.5 Å². The zero-order valence-corrected chi connectivity index (χ0v) is 34.7. The van der Waals surface area contributed by atoms with Crippen molar-refractivity contribution in [2.45, 2.75) is 76.7 Å². The molecule has 4 amide bonds.